The molecule has 0 spiro atoms. The van der Waals surface area contributed by atoms with E-state index >= 15 is 0 Å². The van der Waals surface area contributed by atoms with Crippen LogP contribution in [-0.4, -0.2) is 33.3 Å². The zero-order valence-corrected chi connectivity index (χ0v) is 16.0. The maximum absolute atomic E-state index is 10.9. The lowest BCUT2D eigenvalue weighted by Gasteiger charge is -2.28. The van der Waals surface area contributed by atoms with Crippen LogP contribution in [0.2, 0.25) is 0 Å². The topological polar surface area (TPSA) is 58.7 Å². The Balaban J connectivity index is 2.28. The number of nitro benzene ring substituents is 1. The fourth-order valence-electron chi connectivity index (χ4n) is 2.94. The van der Waals surface area contributed by atoms with Crippen molar-refractivity contribution in [3.63, 3.8) is 0 Å². The van der Waals surface area contributed by atoms with Crippen molar-refractivity contribution in [2.45, 2.75) is 47.1 Å². The van der Waals surface area contributed by atoms with Crippen LogP contribution in [0.4, 0.5) is 11.4 Å². The average molecular weight is 350 g/mol. The molecule has 2 rings (SSSR count). The fourth-order valence-corrected chi connectivity index (χ4v) is 4.15. The number of hydrogen-bond donors (Lipinski definition) is 0. The van der Waals surface area contributed by atoms with Crippen LogP contribution < -0.4 is 0 Å². The van der Waals surface area contributed by atoms with Crippen molar-refractivity contribution in [1.29, 1.82) is 0 Å². The number of thioether (sulfide) groups is 1. The summed E-state index contributed by atoms with van der Waals surface area (Å²) in [6.07, 6.45) is 1.16. The van der Waals surface area contributed by atoms with E-state index in [1.54, 1.807) is 23.9 Å². The number of hydrogen-bond acceptors (Lipinski definition) is 4. The number of nitrogens with zero attached hydrogens (tertiary/aromatic N) is 3. The quantitative estimate of drug-likeness (QED) is 0.535. The Kier molecular flexibility index (Phi) is 6.27. The van der Waals surface area contributed by atoms with Gasteiger partial charge in [-0.05, 0) is 36.8 Å². The van der Waals surface area contributed by atoms with E-state index in [-0.39, 0.29) is 10.6 Å². The van der Waals surface area contributed by atoms with Crippen LogP contribution in [0.3, 0.4) is 0 Å². The predicted octanol–water partition coefficient (Wildman–Crippen LogP) is 5.01. The van der Waals surface area contributed by atoms with Gasteiger partial charge in [-0.25, -0.2) is 4.99 Å². The maximum Gasteiger partial charge on any atom is 0.269 e. The highest BCUT2D eigenvalue weighted by molar-refractivity contribution is 8.14. The molecule has 6 heteroatoms. The summed E-state index contributed by atoms with van der Waals surface area (Å²) in [6.45, 7) is 11.8. The predicted molar refractivity (Wildman–Crippen MR) is 102 cm³/mol. The van der Waals surface area contributed by atoms with Crippen molar-refractivity contribution in [1.82, 2.24) is 4.90 Å². The summed E-state index contributed by atoms with van der Waals surface area (Å²) in [5.41, 5.74) is 1.78. The van der Waals surface area contributed by atoms with E-state index in [1.807, 2.05) is 6.92 Å². The summed E-state index contributed by atoms with van der Waals surface area (Å²) < 4.78 is 0. The van der Waals surface area contributed by atoms with Gasteiger partial charge in [0.25, 0.3) is 5.69 Å². The second-order valence-electron chi connectivity index (χ2n) is 7.26. The van der Waals surface area contributed by atoms with Gasteiger partial charge in [-0.15, -0.1) is 0 Å². The summed E-state index contributed by atoms with van der Waals surface area (Å²) in [7, 11) is 0. The summed E-state index contributed by atoms with van der Waals surface area (Å²) in [4.78, 5) is 17.8. The number of amidine groups is 1. The first-order valence-electron chi connectivity index (χ1n) is 8.51. The Hall–Kier alpha value is -1.56. The van der Waals surface area contributed by atoms with Gasteiger partial charge in [0.05, 0.1) is 10.6 Å². The van der Waals surface area contributed by atoms with Crippen molar-refractivity contribution in [2.75, 3.05) is 12.3 Å². The Morgan fingerprint density at radius 1 is 1.33 bits per heavy atom. The monoisotopic (exact) mass is 349 g/mol. The van der Waals surface area contributed by atoms with Crippen LogP contribution in [0.15, 0.2) is 23.2 Å². The van der Waals surface area contributed by atoms with Crippen LogP contribution in [-0.2, 0) is 0 Å². The van der Waals surface area contributed by atoms with Crippen molar-refractivity contribution in [2.24, 2.45) is 16.8 Å². The Morgan fingerprint density at radius 3 is 2.58 bits per heavy atom. The van der Waals surface area contributed by atoms with Crippen LogP contribution in [0, 0.1) is 28.9 Å². The fraction of sp³-hybridized carbons (Fsp3) is 0.611. The normalized spacial score (nSPS) is 19.7. The van der Waals surface area contributed by atoms with Crippen molar-refractivity contribution in [3.8, 4) is 0 Å². The summed E-state index contributed by atoms with van der Waals surface area (Å²) in [5, 5.41) is 11.9. The molecule has 5 nitrogen and oxygen atoms in total. The van der Waals surface area contributed by atoms with Gasteiger partial charge in [0.15, 0.2) is 5.17 Å². The lowest BCUT2D eigenvalue weighted by atomic mass is 10.0. The third-order valence-electron chi connectivity index (χ3n) is 4.00. The lowest BCUT2D eigenvalue weighted by Crippen LogP contribution is -2.37. The summed E-state index contributed by atoms with van der Waals surface area (Å²) >= 11 is 1.80. The number of benzene rings is 1. The highest BCUT2D eigenvalue weighted by Crippen LogP contribution is 2.32. The number of nitro groups is 1. The van der Waals surface area contributed by atoms with Crippen LogP contribution in [0.5, 0.6) is 0 Å². The van der Waals surface area contributed by atoms with Crippen molar-refractivity contribution < 1.29 is 4.92 Å². The van der Waals surface area contributed by atoms with Gasteiger partial charge < -0.3 is 4.90 Å². The van der Waals surface area contributed by atoms with E-state index in [0.29, 0.717) is 17.9 Å². The average Bonchev–Trinajstić information content (AvgIpc) is 2.82. The van der Waals surface area contributed by atoms with E-state index < -0.39 is 0 Å². The molecule has 132 valence electrons. The standard InChI is InChI=1S/C18H27N3O2S/c1-12(2)8-16-11-24-18(20(16)10-13(3)4)19-17-7-6-15(21(22)23)9-14(17)5/h6-7,9,12-13,16H,8,10-11H2,1-5H3. The van der Waals surface area contributed by atoms with Crippen LogP contribution >= 0.6 is 11.8 Å². The second kappa shape index (κ2) is 8.01. The zero-order chi connectivity index (χ0) is 17.9. The Labute approximate surface area is 148 Å². The highest BCUT2D eigenvalue weighted by Gasteiger charge is 2.31. The largest absolute Gasteiger partial charge is 0.347 e. The van der Waals surface area contributed by atoms with Gasteiger partial charge in [0.1, 0.15) is 0 Å². The molecule has 24 heavy (non-hydrogen) atoms. The summed E-state index contributed by atoms with van der Waals surface area (Å²) in [5.74, 6) is 2.29. The van der Waals surface area contributed by atoms with Crippen LogP contribution in [0.1, 0.15) is 39.7 Å². The van der Waals surface area contributed by atoms with Crippen molar-refractivity contribution >= 4 is 28.3 Å². The summed E-state index contributed by atoms with van der Waals surface area (Å²) in [6, 6.07) is 5.40. The molecule has 1 atom stereocenters. The van der Waals surface area contributed by atoms with Gasteiger partial charge in [-0.3, -0.25) is 10.1 Å². The molecule has 1 fully saturated rings. The molecule has 0 aliphatic carbocycles. The molecular formula is C18H27N3O2S. The first-order chi connectivity index (χ1) is 11.3. The molecule has 1 unspecified atom stereocenters. The van der Waals surface area contributed by atoms with Gasteiger partial charge in [-0.1, -0.05) is 39.5 Å². The van der Waals surface area contributed by atoms with E-state index in [2.05, 4.69) is 32.6 Å². The minimum Gasteiger partial charge on any atom is -0.347 e. The minimum atomic E-state index is -0.363. The molecule has 0 N–H and O–H groups in total. The van der Waals surface area contributed by atoms with E-state index in [4.69, 9.17) is 4.99 Å². The maximum atomic E-state index is 10.9. The van der Waals surface area contributed by atoms with Gasteiger partial charge in [-0.2, -0.15) is 0 Å². The molecular weight excluding hydrogens is 322 g/mol. The molecule has 1 heterocycles. The zero-order valence-electron chi connectivity index (χ0n) is 15.2. The number of aryl methyl sites for hydroxylation is 1. The van der Waals surface area contributed by atoms with Gasteiger partial charge >= 0.3 is 0 Å². The molecule has 0 amide bonds. The molecule has 1 aromatic carbocycles. The SMILES string of the molecule is Cc1cc([N+](=O)[O-])ccc1N=C1SCC(CC(C)C)N1CC(C)C. The first kappa shape index (κ1) is 18.8. The number of rotatable bonds is 6. The Morgan fingerprint density at radius 2 is 2.04 bits per heavy atom. The second-order valence-corrected chi connectivity index (χ2v) is 8.25. The first-order valence-corrected chi connectivity index (χ1v) is 9.49. The van der Waals surface area contributed by atoms with Gasteiger partial charge in [0, 0.05) is 30.5 Å². The molecule has 0 bridgehead atoms. The molecule has 0 radical (unpaired) electrons. The van der Waals surface area contributed by atoms with E-state index in [0.717, 1.165) is 35.1 Å². The highest BCUT2D eigenvalue weighted by atomic mass is 32.2. The molecule has 0 saturated carbocycles. The molecule has 1 aromatic rings. The van der Waals surface area contributed by atoms with Crippen LogP contribution in [0.25, 0.3) is 0 Å². The molecule has 0 aromatic heterocycles. The number of aliphatic imine (C=N–C) groups is 1. The number of non-ortho nitro benzene ring substituents is 1. The van der Waals surface area contributed by atoms with E-state index in [1.165, 1.54) is 6.07 Å². The van der Waals surface area contributed by atoms with E-state index in [9.17, 15) is 10.1 Å². The minimum absolute atomic E-state index is 0.118. The third kappa shape index (κ3) is 4.72. The Bertz CT molecular complexity index is 629. The van der Waals surface area contributed by atoms with Crippen molar-refractivity contribution in [3.05, 3.63) is 33.9 Å². The molecule has 1 aliphatic rings. The lowest BCUT2D eigenvalue weighted by molar-refractivity contribution is -0.384. The molecule has 1 aliphatic heterocycles. The smallest absolute Gasteiger partial charge is 0.269 e. The molecule has 1 saturated heterocycles. The van der Waals surface area contributed by atoms with Gasteiger partial charge in [0.2, 0.25) is 0 Å². The third-order valence-corrected chi connectivity index (χ3v) is 5.14.